The Hall–Kier alpha value is -1.35. The van der Waals surface area contributed by atoms with Gasteiger partial charge < -0.3 is 10.2 Å². The quantitative estimate of drug-likeness (QED) is 0.682. The minimum absolute atomic E-state index is 0.00282. The average molecular weight is 356 g/mol. The molecular weight excluding hydrogens is 345 g/mol. The molecule has 0 radical (unpaired) electrons. The van der Waals surface area contributed by atoms with Crippen molar-refractivity contribution in [3.05, 3.63) is 28.2 Å². The second-order valence-corrected chi connectivity index (χ2v) is 6.55. The Balaban J connectivity index is 2.97. The van der Waals surface area contributed by atoms with Gasteiger partial charge in [-0.3, -0.25) is 9.59 Å². The third kappa shape index (κ3) is 5.16. The summed E-state index contributed by atoms with van der Waals surface area (Å²) in [7, 11) is -4.16. The normalized spacial score (nSPS) is 12.9. The van der Waals surface area contributed by atoms with E-state index in [-0.39, 0.29) is 21.4 Å². The van der Waals surface area contributed by atoms with Gasteiger partial charge in [-0.25, -0.2) is 8.42 Å². The molecule has 0 aliphatic rings. The summed E-state index contributed by atoms with van der Waals surface area (Å²) in [4.78, 5) is 21.2. The molecule has 0 bridgehead atoms. The van der Waals surface area contributed by atoms with Crippen LogP contribution in [0.5, 0.6) is 0 Å². The summed E-state index contributed by atoms with van der Waals surface area (Å²) < 4.78 is 26.0. The van der Waals surface area contributed by atoms with Crippen molar-refractivity contribution in [2.75, 3.05) is 0 Å². The van der Waals surface area contributed by atoms with E-state index in [0.29, 0.717) is 0 Å². The molecule has 0 aliphatic carbocycles. The number of carbonyl (C=O) groups is 2. The van der Waals surface area contributed by atoms with E-state index in [9.17, 15) is 18.0 Å². The van der Waals surface area contributed by atoms with Gasteiger partial charge in [-0.1, -0.05) is 23.2 Å². The maximum absolute atomic E-state index is 12.0. The summed E-state index contributed by atoms with van der Waals surface area (Å²) in [5, 5.41) is 17.6. The number of benzene rings is 1. The largest absolute Gasteiger partial charge is 0.481 e. The van der Waals surface area contributed by atoms with Crippen molar-refractivity contribution in [1.29, 1.82) is 0 Å². The van der Waals surface area contributed by atoms with Gasteiger partial charge in [-0.05, 0) is 24.6 Å². The Morgan fingerprint density at radius 2 is 1.81 bits per heavy atom. The first-order valence-corrected chi connectivity index (χ1v) is 7.79. The van der Waals surface area contributed by atoms with Crippen LogP contribution < -0.4 is 4.72 Å². The molecule has 1 aromatic rings. The minimum Gasteiger partial charge on any atom is -0.481 e. The number of aliphatic carboxylic acids is 2. The summed E-state index contributed by atoms with van der Waals surface area (Å²) in [6.45, 7) is 0. The molecule has 0 spiro atoms. The van der Waals surface area contributed by atoms with Crippen molar-refractivity contribution in [3.8, 4) is 0 Å². The smallest absolute Gasteiger partial charge is 0.321 e. The van der Waals surface area contributed by atoms with E-state index in [0.717, 1.165) is 12.1 Å². The molecule has 0 amide bonds. The van der Waals surface area contributed by atoms with E-state index in [1.807, 2.05) is 4.72 Å². The lowest BCUT2D eigenvalue weighted by Gasteiger charge is -2.14. The van der Waals surface area contributed by atoms with E-state index < -0.39 is 34.4 Å². The van der Waals surface area contributed by atoms with Gasteiger partial charge in [0.2, 0.25) is 10.0 Å². The zero-order valence-corrected chi connectivity index (χ0v) is 12.7. The lowest BCUT2D eigenvalue weighted by molar-refractivity contribution is -0.140. The lowest BCUT2D eigenvalue weighted by Crippen LogP contribution is -2.41. The van der Waals surface area contributed by atoms with Crippen LogP contribution in [0.15, 0.2) is 23.1 Å². The van der Waals surface area contributed by atoms with Gasteiger partial charge in [0, 0.05) is 6.42 Å². The fourth-order valence-electron chi connectivity index (χ4n) is 1.40. The Kier molecular flexibility index (Phi) is 5.97. The highest BCUT2D eigenvalue weighted by Gasteiger charge is 2.26. The van der Waals surface area contributed by atoms with Crippen LogP contribution in [-0.4, -0.2) is 36.6 Å². The lowest BCUT2D eigenvalue weighted by atomic mass is 10.2. The van der Waals surface area contributed by atoms with Gasteiger partial charge in [0.05, 0.1) is 14.9 Å². The SMILES string of the molecule is O=C(O)CC[C@H](NS(=O)(=O)c1ccc(Cl)c(Cl)c1)C(=O)O. The van der Waals surface area contributed by atoms with Gasteiger partial charge in [0.25, 0.3) is 0 Å². The summed E-state index contributed by atoms with van der Waals surface area (Å²) in [5.41, 5.74) is 0. The van der Waals surface area contributed by atoms with E-state index in [4.69, 9.17) is 33.4 Å². The molecule has 21 heavy (non-hydrogen) atoms. The minimum atomic E-state index is -4.16. The van der Waals surface area contributed by atoms with E-state index in [2.05, 4.69) is 0 Å². The zero-order chi connectivity index (χ0) is 16.2. The number of rotatable bonds is 7. The summed E-state index contributed by atoms with van der Waals surface area (Å²) in [6, 6.07) is 1.93. The van der Waals surface area contributed by atoms with Crippen molar-refractivity contribution in [2.24, 2.45) is 0 Å². The molecule has 0 aliphatic heterocycles. The third-order valence-electron chi connectivity index (χ3n) is 2.44. The van der Waals surface area contributed by atoms with Gasteiger partial charge in [-0.2, -0.15) is 4.72 Å². The monoisotopic (exact) mass is 355 g/mol. The van der Waals surface area contributed by atoms with Gasteiger partial charge >= 0.3 is 11.9 Å². The van der Waals surface area contributed by atoms with Crippen LogP contribution in [0.4, 0.5) is 0 Å². The van der Waals surface area contributed by atoms with Crippen molar-refractivity contribution in [2.45, 2.75) is 23.8 Å². The number of carboxylic acids is 2. The molecule has 1 rings (SSSR count). The second-order valence-electron chi connectivity index (χ2n) is 4.02. The molecule has 1 aromatic carbocycles. The van der Waals surface area contributed by atoms with Crippen LogP contribution in [0.3, 0.4) is 0 Å². The maximum atomic E-state index is 12.0. The molecule has 116 valence electrons. The first-order valence-electron chi connectivity index (χ1n) is 5.55. The molecule has 7 nitrogen and oxygen atoms in total. The third-order valence-corrected chi connectivity index (χ3v) is 4.65. The molecule has 0 unspecified atom stereocenters. The fraction of sp³-hybridized carbons (Fsp3) is 0.273. The maximum Gasteiger partial charge on any atom is 0.321 e. The van der Waals surface area contributed by atoms with E-state index in [1.165, 1.54) is 6.07 Å². The number of nitrogens with one attached hydrogen (secondary N) is 1. The highest BCUT2D eigenvalue weighted by Crippen LogP contribution is 2.24. The molecule has 0 aromatic heterocycles. The Morgan fingerprint density at radius 3 is 2.29 bits per heavy atom. The van der Waals surface area contributed by atoms with Gasteiger partial charge in [-0.15, -0.1) is 0 Å². The van der Waals surface area contributed by atoms with Crippen molar-refractivity contribution >= 4 is 45.2 Å². The van der Waals surface area contributed by atoms with Crippen LogP contribution >= 0.6 is 23.2 Å². The average Bonchev–Trinajstić information content (AvgIpc) is 2.37. The van der Waals surface area contributed by atoms with Crippen LogP contribution in [0.25, 0.3) is 0 Å². The Morgan fingerprint density at radius 1 is 1.19 bits per heavy atom. The molecule has 0 fully saturated rings. The second kappa shape index (κ2) is 7.08. The van der Waals surface area contributed by atoms with E-state index in [1.54, 1.807) is 0 Å². The first kappa shape index (κ1) is 17.7. The highest BCUT2D eigenvalue weighted by atomic mass is 35.5. The topological polar surface area (TPSA) is 121 Å². The Bertz CT molecular complexity index is 661. The number of sulfonamides is 1. The summed E-state index contributed by atoms with van der Waals surface area (Å²) in [5.74, 6) is -2.70. The molecular formula is C11H11Cl2NO6S. The predicted molar refractivity (Wildman–Crippen MR) is 75.1 cm³/mol. The molecule has 0 saturated heterocycles. The molecule has 0 saturated carbocycles. The van der Waals surface area contributed by atoms with Crippen molar-refractivity contribution in [1.82, 2.24) is 4.72 Å². The molecule has 1 atom stereocenters. The zero-order valence-electron chi connectivity index (χ0n) is 10.4. The van der Waals surface area contributed by atoms with Gasteiger partial charge in [0.1, 0.15) is 6.04 Å². The van der Waals surface area contributed by atoms with Gasteiger partial charge in [0.15, 0.2) is 0 Å². The molecule has 0 heterocycles. The van der Waals surface area contributed by atoms with E-state index >= 15 is 0 Å². The van der Waals surface area contributed by atoms with Crippen LogP contribution in [0, 0.1) is 0 Å². The fourth-order valence-corrected chi connectivity index (χ4v) is 3.01. The molecule has 10 heteroatoms. The summed E-state index contributed by atoms with van der Waals surface area (Å²) >= 11 is 11.4. The highest BCUT2D eigenvalue weighted by molar-refractivity contribution is 7.89. The van der Waals surface area contributed by atoms with Crippen LogP contribution in [0.2, 0.25) is 10.0 Å². The number of halogens is 2. The molecule has 3 N–H and O–H groups in total. The first-order chi connectivity index (χ1) is 9.63. The Labute approximate surface area is 130 Å². The van der Waals surface area contributed by atoms with Crippen LogP contribution in [-0.2, 0) is 19.6 Å². The summed E-state index contributed by atoms with van der Waals surface area (Å²) in [6.07, 6.45) is -0.869. The number of hydrogen-bond donors (Lipinski definition) is 3. The number of carboxylic acid groups (broad SMARTS) is 2. The van der Waals surface area contributed by atoms with Crippen molar-refractivity contribution < 1.29 is 28.2 Å². The van der Waals surface area contributed by atoms with Crippen LogP contribution in [0.1, 0.15) is 12.8 Å². The standard InChI is InChI=1S/C11H11Cl2NO6S/c12-7-2-1-6(5-8(7)13)21(19,20)14-9(11(17)18)3-4-10(15)16/h1-2,5,9,14H,3-4H2,(H,15,16)(H,17,18)/t9-/m0/s1. The van der Waals surface area contributed by atoms with Crippen molar-refractivity contribution in [3.63, 3.8) is 0 Å². The number of hydrogen-bond acceptors (Lipinski definition) is 4. The predicted octanol–water partition coefficient (Wildman–Crippen LogP) is 1.59.